The van der Waals surface area contributed by atoms with Gasteiger partial charge >= 0.3 is 16.3 Å². The Morgan fingerprint density at radius 2 is 1.88 bits per heavy atom. The van der Waals surface area contributed by atoms with Crippen LogP contribution in [0, 0.1) is 0 Å². The molecule has 0 aliphatic heterocycles. The van der Waals surface area contributed by atoms with E-state index in [1.54, 1.807) is 18.2 Å². The van der Waals surface area contributed by atoms with Gasteiger partial charge in [0.1, 0.15) is 0 Å². The molecule has 0 saturated carbocycles. The molecule has 0 fully saturated rings. The van der Waals surface area contributed by atoms with Crippen molar-refractivity contribution >= 4 is 22.0 Å². The lowest BCUT2D eigenvalue weighted by atomic mass is 10.3. The van der Waals surface area contributed by atoms with Crippen molar-refractivity contribution in [1.82, 2.24) is 5.43 Å². The Morgan fingerprint density at radius 1 is 1.29 bits per heavy atom. The molecule has 0 amide bonds. The van der Waals surface area contributed by atoms with Crippen LogP contribution in [0.4, 0.5) is 5.69 Å². The predicted molar refractivity (Wildman–Crippen MR) is 60.7 cm³/mol. The molecule has 3 N–H and O–H groups in total. The molecule has 0 aliphatic carbocycles. The summed E-state index contributed by atoms with van der Waals surface area (Å²) >= 11 is 0. The minimum Gasteiger partial charge on any atom is -0.481 e. The molecular formula is C9H12N2O5S. The van der Waals surface area contributed by atoms with Crippen LogP contribution >= 0.6 is 0 Å². The Morgan fingerprint density at radius 3 is 2.35 bits per heavy atom. The molecule has 8 heteroatoms. The molecule has 7 nitrogen and oxygen atoms in total. The molecule has 0 aliphatic rings. The highest BCUT2D eigenvalue weighted by atomic mass is 32.2. The fourth-order valence-electron chi connectivity index (χ4n) is 1.13. The van der Waals surface area contributed by atoms with Gasteiger partial charge in [-0.2, -0.15) is 12.8 Å². The Kier molecular flexibility index (Phi) is 4.44. The number of hydrazine groups is 1. The van der Waals surface area contributed by atoms with E-state index < -0.39 is 16.3 Å². The van der Waals surface area contributed by atoms with Gasteiger partial charge in [-0.15, -0.1) is 0 Å². The van der Waals surface area contributed by atoms with Crippen LogP contribution < -0.4 is 9.84 Å². The molecule has 1 rings (SSSR count). The molecule has 1 aromatic rings. The number of rotatable bonds is 6. The van der Waals surface area contributed by atoms with Crippen LogP contribution in [0.3, 0.4) is 0 Å². The smallest absolute Gasteiger partial charge is 0.373 e. The van der Waals surface area contributed by atoms with Crippen LogP contribution in [-0.4, -0.2) is 30.6 Å². The van der Waals surface area contributed by atoms with Gasteiger partial charge in [0.25, 0.3) is 0 Å². The van der Waals surface area contributed by atoms with Gasteiger partial charge in [-0.05, 0) is 12.1 Å². The van der Waals surface area contributed by atoms with E-state index in [9.17, 15) is 13.2 Å². The molecule has 0 radical (unpaired) electrons. The van der Waals surface area contributed by atoms with Gasteiger partial charge in [0.15, 0.2) is 0 Å². The molecule has 0 spiro atoms. The third-order valence-electron chi connectivity index (χ3n) is 1.82. The van der Waals surface area contributed by atoms with E-state index in [0.717, 1.165) is 0 Å². The monoisotopic (exact) mass is 260 g/mol. The number of anilines is 1. The predicted octanol–water partition coefficient (Wildman–Crippen LogP) is 0.275. The van der Waals surface area contributed by atoms with Crippen molar-refractivity contribution < 1.29 is 22.9 Å². The van der Waals surface area contributed by atoms with Crippen molar-refractivity contribution in [1.29, 1.82) is 0 Å². The van der Waals surface area contributed by atoms with Crippen LogP contribution in [0.5, 0.6) is 0 Å². The van der Waals surface area contributed by atoms with E-state index >= 15 is 0 Å². The number of nitrogens with zero attached hydrogens (tertiary/aromatic N) is 1. The second-order valence-electron chi connectivity index (χ2n) is 3.13. The minimum atomic E-state index is -4.49. The van der Waals surface area contributed by atoms with Crippen LogP contribution in [0.25, 0.3) is 0 Å². The summed E-state index contributed by atoms with van der Waals surface area (Å²) < 4.78 is 31.7. The topological polar surface area (TPSA) is 107 Å². The molecule has 0 heterocycles. The van der Waals surface area contributed by atoms with E-state index in [1.165, 1.54) is 12.1 Å². The largest absolute Gasteiger partial charge is 0.481 e. The van der Waals surface area contributed by atoms with Gasteiger partial charge in [-0.25, -0.2) is 5.43 Å². The lowest BCUT2D eigenvalue weighted by Gasteiger charge is -2.20. The summed E-state index contributed by atoms with van der Waals surface area (Å²) in [5.41, 5.74) is 2.52. The van der Waals surface area contributed by atoms with E-state index in [4.69, 9.17) is 9.66 Å². The summed E-state index contributed by atoms with van der Waals surface area (Å²) in [6.45, 7) is -0.121. The van der Waals surface area contributed by atoms with Gasteiger partial charge in [-0.3, -0.25) is 9.35 Å². The van der Waals surface area contributed by atoms with E-state index in [2.05, 4.69) is 5.43 Å². The highest BCUT2D eigenvalue weighted by molar-refractivity contribution is 7.87. The SMILES string of the molecule is O=C(O)CCNN(c1ccccc1)S(=O)(=O)O. The number of carboxylic acid groups (broad SMARTS) is 1. The number of benzene rings is 1. The van der Waals surface area contributed by atoms with Gasteiger partial charge in [0.2, 0.25) is 0 Å². The zero-order chi connectivity index (χ0) is 12.9. The van der Waals surface area contributed by atoms with Crippen LogP contribution in [0.15, 0.2) is 30.3 Å². The molecule has 0 bridgehead atoms. The second kappa shape index (κ2) is 5.62. The zero-order valence-corrected chi connectivity index (χ0v) is 9.59. The first-order valence-electron chi connectivity index (χ1n) is 4.69. The molecular weight excluding hydrogens is 248 g/mol. The summed E-state index contributed by atoms with van der Waals surface area (Å²) in [6.07, 6.45) is -0.265. The normalized spacial score (nSPS) is 11.1. The highest BCUT2D eigenvalue weighted by Crippen LogP contribution is 2.13. The zero-order valence-electron chi connectivity index (χ0n) is 8.78. The second-order valence-corrected chi connectivity index (χ2v) is 4.39. The average molecular weight is 260 g/mol. The number of aliphatic carboxylic acids is 1. The van der Waals surface area contributed by atoms with Gasteiger partial charge in [-0.1, -0.05) is 18.2 Å². The first kappa shape index (κ1) is 13.4. The summed E-state index contributed by atoms with van der Waals surface area (Å²) in [4.78, 5) is 10.3. The molecule has 0 unspecified atom stereocenters. The number of hydrogen-bond donors (Lipinski definition) is 3. The van der Waals surface area contributed by atoms with E-state index in [-0.39, 0.29) is 18.7 Å². The Bertz CT molecular complexity index is 473. The maximum atomic E-state index is 11.1. The van der Waals surface area contributed by atoms with Crippen molar-refractivity contribution in [3.8, 4) is 0 Å². The molecule has 1 aromatic carbocycles. The number of nitrogens with one attached hydrogen (secondary N) is 1. The van der Waals surface area contributed by atoms with Crippen LogP contribution in [0.2, 0.25) is 0 Å². The Labute approximate surface area is 98.5 Å². The molecule has 17 heavy (non-hydrogen) atoms. The minimum absolute atomic E-state index is 0.121. The third-order valence-corrected chi connectivity index (χ3v) is 2.62. The maximum absolute atomic E-state index is 11.1. The number of hydrogen-bond acceptors (Lipinski definition) is 4. The third kappa shape index (κ3) is 4.39. The number of carboxylic acids is 1. The Hall–Kier alpha value is -1.64. The maximum Gasteiger partial charge on any atom is 0.373 e. The van der Waals surface area contributed by atoms with Crippen molar-refractivity contribution in [2.75, 3.05) is 11.0 Å². The molecule has 94 valence electrons. The quantitative estimate of drug-likeness (QED) is 0.501. The first-order valence-corrected chi connectivity index (χ1v) is 6.09. The average Bonchev–Trinajstić information content (AvgIpc) is 2.23. The van der Waals surface area contributed by atoms with E-state index in [0.29, 0.717) is 4.41 Å². The fourth-order valence-corrected chi connectivity index (χ4v) is 1.78. The first-order chi connectivity index (χ1) is 7.91. The van der Waals surface area contributed by atoms with Crippen molar-refractivity contribution in [3.63, 3.8) is 0 Å². The fraction of sp³-hybridized carbons (Fsp3) is 0.222. The van der Waals surface area contributed by atoms with Gasteiger partial charge < -0.3 is 5.11 Å². The van der Waals surface area contributed by atoms with Crippen molar-refractivity contribution in [2.45, 2.75) is 6.42 Å². The van der Waals surface area contributed by atoms with Gasteiger partial charge in [0.05, 0.1) is 12.1 Å². The van der Waals surface area contributed by atoms with Crippen molar-refractivity contribution in [3.05, 3.63) is 30.3 Å². The lowest BCUT2D eigenvalue weighted by Crippen LogP contribution is -2.43. The molecule has 0 aromatic heterocycles. The molecule has 0 atom stereocenters. The lowest BCUT2D eigenvalue weighted by molar-refractivity contribution is -0.136. The van der Waals surface area contributed by atoms with E-state index in [1.807, 2.05) is 0 Å². The summed E-state index contributed by atoms with van der Waals surface area (Å²) in [5.74, 6) is -1.07. The van der Waals surface area contributed by atoms with Gasteiger partial charge in [0, 0.05) is 6.54 Å². The summed E-state index contributed by atoms with van der Waals surface area (Å²) in [6, 6.07) is 7.78. The summed E-state index contributed by atoms with van der Waals surface area (Å²) in [5, 5.41) is 8.43. The number of carbonyl (C=O) groups is 1. The Balaban J connectivity index is 2.80. The van der Waals surface area contributed by atoms with Crippen LogP contribution in [0.1, 0.15) is 6.42 Å². The van der Waals surface area contributed by atoms with Crippen molar-refractivity contribution in [2.24, 2.45) is 0 Å². The van der Waals surface area contributed by atoms with Crippen LogP contribution in [-0.2, 0) is 15.1 Å². The summed E-state index contributed by atoms with van der Waals surface area (Å²) in [7, 11) is -4.49. The standard InChI is InChI=1S/C9H12N2O5S/c12-9(13)6-7-10-11(17(14,15)16)8-4-2-1-3-5-8/h1-5,10H,6-7H2,(H,12,13)(H,14,15,16). The highest BCUT2D eigenvalue weighted by Gasteiger charge is 2.18. The number of para-hydroxylation sites is 1. The molecule has 0 saturated heterocycles.